The fourth-order valence-corrected chi connectivity index (χ4v) is 2.10. The average Bonchev–Trinajstić information content (AvgIpc) is 2.83. The van der Waals surface area contributed by atoms with E-state index >= 15 is 0 Å². The van der Waals surface area contributed by atoms with Gasteiger partial charge in [0, 0.05) is 0 Å². The molecule has 0 aromatic heterocycles. The van der Waals surface area contributed by atoms with E-state index in [2.05, 4.69) is 49.2 Å². The summed E-state index contributed by atoms with van der Waals surface area (Å²) in [6.07, 6.45) is 8.07. The summed E-state index contributed by atoms with van der Waals surface area (Å²) >= 11 is 0. The second-order valence-electron chi connectivity index (χ2n) is 4.95. The van der Waals surface area contributed by atoms with Crippen molar-refractivity contribution in [1.82, 2.24) is 4.90 Å². The van der Waals surface area contributed by atoms with Gasteiger partial charge in [-0.15, -0.1) is 0 Å². The third kappa shape index (κ3) is 7.17. The topological polar surface area (TPSA) is 3.24 Å². The number of rotatable bonds is 4. The molecule has 1 aliphatic rings. The molecule has 0 unspecified atom stereocenters. The lowest BCUT2D eigenvalue weighted by Crippen LogP contribution is -2.10. The van der Waals surface area contributed by atoms with Crippen molar-refractivity contribution in [2.75, 3.05) is 20.1 Å². The SMILES string of the molecule is CCCCCc1ccccc1.CN1CCCC1. The van der Waals surface area contributed by atoms with Gasteiger partial charge in [0.05, 0.1) is 0 Å². The van der Waals surface area contributed by atoms with Crippen LogP contribution in [-0.4, -0.2) is 25.0 Å². The Hall–Kier alpha value is -0.820. The van der Waals surface area contributed by atoms with Crippen LogP contribution < -0.4 is 0 Å². The first kappa shape index (κ1) is 14.2. The zero-order chi connectivity index (χ0) is 12.3. The third-order valence-electron chi connectivity index (χ3n) is 3.24. The maximum atomic E-state index is 2.36. The van der Waals surface area contributed by atoms with Crippen LogP contribution in [0, 0.1) is 0 Å². The Morgan fingerprint density at radius 3 is 2.12 bits per heavy atom. The zero-order valence-corrected chi connectivity index (χ0v) is 11.5. The van der Waals surface area contributed by atoms with Crippen molar-refractivity contribution in [3.63, 3.8) is 0 Å². The van der Waals surface area contributed by atoms with Gasteiger partial charge < -0.3 is 4.90 Å². The van der Waals surface area contributed by atoms with Crippen molar-refractivity contribution in [1.29, 1.82) is 0 Å². The van der Waals surface area contributed by atoms with Crippen LogP contribution in [0.4, 0.5) is 0 Å². The van der Waals surface area contributed by atoms with Crippen molar-refractivity contribution in [3.8, 4) is 0 Å². The molecular formula is C16H27N. The van der Waals surface area contributed by atoms with Crippen molar-refractivity contribution < 1.29 is 0 Å². The highest BCUT2D eigenvalue weighted by Crippen LogP contribution is 2.05. The van der Waals surface area contributed by atoms with Crippen molar-refractivity contribution >= 4 is 0 Å². The summed E-state index contributed by atoms with van der Waals surface area (Å²) < 4.78 is 0. The second kappa shape index (κ2) is 9.23. The van der Waals surface area contributed by atoms with Gasteiger partial charge >= 0.3 is 0 Å². The predicted molar refractivity (Wildman–Crippen MR) is 76.4 cm³/mol. The summed E-state index contributed by atoms with van der Waals surface area (Å²) in [5.41, 5.74) is 1.47. The molecule has 0 bridgehead atoms. The van der Waals surface area contributed by atoms with E-state index in [-0.39, 0.29) is 0 Å². The van der Waals surface area contributed by atoms with Crippen molar-refractivity contribution in [2.45, 2.75) is 45.4 Å². The van der Waals surface area contributed by atoms with Gasteiger partial charge in [0.25, 0.3) is 0 Å². The Morgan fingerprint density at radius 2 is 1.65 bits per heavy atom. The largest absolute Gasteiger partial charge is 0.306 e. The molecule has 1 heteroatoms. The van der Waals surface area contributed by atoms with E-state index in [4.69, 9.17) is 0 Å². The minimum absolute atomic E-state index is 1.24. The molecule has 1 aliphatic heterocycles. The Labute approximate surface area is 107 Å². The van der Waals surface area contributed by atoms with Gasteiger partial charge in [-0.05, 0) is 51.4 Å². The van der Waals surface area contributed by atoms with Crippen LogP contribution >= 0.6 is 0 Å². The zero-order valence-electron chi connectivity index (χ0n) is 11.5. The molecule has 17 heavy (non-hydrogen) atoms. The maximum Gasteiger partial charge on any atom is -0.00213 e. The van der Waals surface area contributed by atoms with Gasteiger partial charge in [0.2, 0.25) is 0 Å². The minimum atomic E-state index is 1.24. The van der Waals surface area contributed by atoms with E-state index in [0.29, 0.717) is 0 Å². The van der Waals surface area contributed by atoms with E-state index in [1.54, 1.807) is 0 Å². The summed E-state index contributed by atoms with van der Waals surface area (Å²) in [5, 5.41) is 0. The van der Waals surface area contributed by atoms with Crippen LogP contribution in [0.2, 0.25) is 0 Å². The Balaban J connectivity index is 0.000000202. The number of benzene rings is 1. The molecule has 1 aromatic rings. The predicted octanol–water partition coefficient (Wildman–Crippen LogP) is 4.13. The van der Waals surface area contributed by atoms with E-state index in [1.165, 1.54) is 57.2 Å². The lowest BCUT2D eigenvalue weighted by Gasteiger charge is -2.01. The van der Waals surface area contributed by atoms with Crippen LogP contribution in [0.3, 0.4) is 0 Å². The van der Waals surface area contributed by atoms with E-state index < -0.39 is 0 Å². The van der Waals surface area contributed by atoms with E-state index in [9.17, 15) is 0 Å². The third-order valence-corrected chi connectivity index (χ3v) is 3.24. The first-order chi connectivity index (χ1) is 8.33. The molecule has 1 saturated heterocycles. The molecule has 0 atom stereocenters. The normalized spacial score (nSPS) is 15.4. The molecular weight excluding hydrogens is 206 g/mol. The van der Waals surface area contributed by atoms with Crippen LogP contribution in [0.15, 0.2) is 30.3 Å². The van der Waals surface area contributed by atoms with Crippen molar-refractivity contribution in [2.24, 2.45) is 0 Å². The lowest BCUT2D eigenvalue weighted by molar-refractivity contribution is 0.418. The molecule has 0 amide bonds. The van der Waals surface area contributed by atoms with Gasteiger partial charge in [0.15, 0.2) is 0 Å². The highest BCUT2D eigenvalue weighted by atomic mass is 15.1. The van der Waals surface area contributed by atoms with Crippen molar-refractivity contribution in [3.05, 3.63) is 35.9 Å². The van der Waals surface area contributed by atoms with Gasteiger partial charge in [0.1, 0.15) is 0 Å². The maximum absolute atomic E-state index is 2.36. The summed E-state index contributed by atoms with van der Waals surface area (Å²) in [6, 6.07) is 10.7. The number of hydrogen-bond donors (Lipinski definition) is 0. The molecule has 0 N–H and O–H groups in total. The molecule has 0 aliphatic carbocycles. The molecule has 1 heterocycles. The molecule has 0 saturated carbocycles. The summed E-state index contributed by atoms with van der Waals surface area (Å²) in [6.45, 7) is 4.88. The second-order valence-corrected chi connectivity index (χ2v) is 4.95. The number of aryl methyl sites for hydroxylation is 1. The first-order valence-corrected chi connectivity index (χ1v) is 7.05. The van der Waals surface area contributed by atoms with Crippen LogP contribution in [0.25, 0.3) is 0 Å². The molecule has 1 aromatic carbocycles. The van der Waals surface area contributed by atoms with Crippen LogP contribution in [0.1, 0.15) is 44.6 Å². The quantitative estimate of drug-likeness (QED) is 0.707. The van der Waals surface area contributed by atoms with E-state index in [1.807, 2.05) is 0 Å². The smallest absolute Gasteiger partial charge is 0.00213 e. The monoisotopic (exact) mass is 233 g/mol. The fraction of sp³-hybridized carbons (Fsp3) is 0.625. The number of nitrogens with zero attached hydrogens (tertiary/aromatic N) is 1. The first-order valence-electron chi connectivity index (χ1n) is 7.05. The molecule has 1 fully saturated rings. The van der Waals surface area contributed by atoms with Gasteiger partial charge in [-0.1, -0.05) is 50.1 Å². The average molecular weight is 233 g/mol. The van der Waals surface area contributed by atoms with Crippen LogP contribution in [-0.2, 0) is 6.42 Å². The highest BCUT2D eigenvalue weighted by Gasteiger charge is 2.03. The molecule has 1 nitrogen and oxygen atoms in total. The standard InChI is InChI=1S/C11H16.C5H11N/c1-2-3-5-8-11-9-6-4-7-10-11;1-6-4-2-3-5-6/h4,6-7,9-10H,2-3,5,8H2,1H3;2-5H2,1H3. The molecule has 0 spiro atoms. The number of hydrogen-bond acceptors (Lipinski definition) is 1. The molecule has 96 valence electrons. The highest BCUT2D eigenvalue weighted by molar-refractivity contribution is 5.14. The number of unbranched alkanes of at least 4 members (excludes halogenated alkanes) is 2. The van der Waals surface area contributed by atoms with Crippen LogP contribution in [0.5, 0.6) is 0 Å². The van der Waals surface area contributed by atoms with Gasteiger partial charge in [-0.2, -0.15) is 0 Å². The summed E-state index contributed by atoms with van der Waals surface area (Å²) in [7, 11) is 2.17. The Morgan fingerprint density at radius 1 is 1.00 bits per heavy atom. The summed E-state index contributed by atoms with van der Waals surface area (Å²) in [5.74, 6) is 0. The Kier molecular flexibility index (Phi) is 7.74. The Bertz CT molecular complexity index is 262. The number of likely N-dealkylation sites (tertiary alicyclic amines) is 1. The lowest BCUT2D eigenvalue weighted by atomic mass is 10.1. The minimum Gasteiger partial charge on any atom is -0.306 e. The van der Waals surface area contributed by atoms with E-state index in [0.717, 1.165) is 0 Å². The van der Waals surface area contributed by atoms with Gasteiger partial charge in [-0.25, -0.2) is 0 Å². The summed E-state index contributed by atoms with van der Waals surface area (Å²) in [4.78, 5) is 2.36. The molecule has 2 rings (SSSR count). The van der Waals surface area contributed by atoms with Gasteiger partial charge in [-0.3, -0.25) is 0 Å². The molecule has 0 radical (unpaired) electrons. The fourth-order valence-electron chi connectivity index (χ4n) is 2.10.